The van der Waals surface area contributed by atoms with Crippen molar-refractivity contribution in [2.45, 2.75) is 26.3 Å². The number of hydrogen-bond donors (Lipinski definition) is 1. The first-order valence-electron chi connectivity index (χ1n) is 5.42. The molecule has 2 N–H and O–H groups in total. The summed E-state index contributed by atoms with van der Waals surface area (Å²) < 4.78 is 5.64. The quantitative estimate of drug-likeness (QED) is 0.858. The summed E-state index contributed by atoms with van der Waals surface area (Å²) in [6, 6.07) is 10.1. The van der Waals surface area contributed by atoms with Gasteiger partial charge >= 0.3 is 0 Å². The molecule has 3 heteroatoms. The van der Waals surface area contributed by atoms with Gasteiger partial charge < -0.3 is 10.2 Å². The lowest BCUT2D eigenvalue weighted by molar-refractivity contribution is 0.436. The molecule has 1 unspecified atom stereocenters. The summed E-state index contributed by atoms with van der Waals surface area (Å²) in [6.07, 6.45) is 0.770. The van der Waals surface area contributed by atoms with Gasteiger partial charge in [-0.15, -0.1) is 0 Å². The lowest BCUT2D eigenvalue weighted by Crippen LogP contribution is -2.04. The van der Waals surface area contributed by atoms with Gasteiger partial charge in [-0.2, -0.15) is 0 Å². The second-order valence-corrected chi connectivity index (χ2v) is 4.01. The van der Waals surface area contributed by atoms with Gasteiger partial charge in [-0.1, -0.05) is 30.3 Å². The van der Waals surface area contributed by atoms with Crippen molar-refractivity contribution in [3.8, 4) is 0 Å². The Morgan fingerprint density at radius 3 is 2.56 bits per heavy atom. The number of hydrogen-bond acceptors (Lipinski definition) is 3. The maximum Gasteiger partial charge on any atom is 0.211 e. The van der Waals surface area contributed by atoms with Crippen LogP contribution >= 0.6 is 0 Å². The summed E-state index contributed by atoms with van der Waals surface area (Å²) in [5.74, 6) is 1.52. The Hall–Kier alpha value is -1.61. The van der Waals surface area contributed by atoms with E-state index in [-0.39, 0.29) is 6.04 Å². The molecule has 0 amide bonds. The van der Waals surface area contributed by atoms with Crippen LogP contribution < -0.4 is 5.73 Å². The van der Waals surface area contributed by atoms with Crippen LogP contribution in [0.2, 0.25) is 0 Å². The van der Waals surface area contributed by atoms with Crippen LogP contribution in [0.1, 0.15) is 35.9 Å². The van der Waals surface area contributed by atoms with Gasteiger partial charge in [0.05, 0.1) is 11.7 Å². The van der Waals surface area contributed by atoms with Gasteiger partial charge in [0, 0.05) is 6.42 Å². The van der Waals surface area contributed by atoms with E-state index in [1.807, 2.05) is 32.0 Å². The predicted molar refractivity (Wildman–Crippen MR) is 63.1 cm³/mol. The van der Waals surface area contributed by atoms with E-state index < -0.39 is 0 Å². The maximum absolute atomic E-state index is 5.73. The minimum Gasteiger partial charge on any atom is -0.443 e. The molecule has 0 aliphatic rings. The molecular weight excluding hydrogens is 200 g/mol. The van der Waals surface area contributed by atoms with Crippen molar-refractivity contribution in [3.05, 3.63) is 53.2 Å². The molecule has 0 aliphatic carbocycles. The van der Waals surface area contributed by atoms with Crippen molar-refractivity contribution in [3.63, 3.8) is 0 Å². The summed E-state index contributed by atoms with van der Waals surface area (Å²) in [6.45, 7) is 3.82. The number of benzene rings is 1. The van der Waals surface area contributed by atoms with Crippen LogP contribution in [-0.2, 0) is 6.42 Å². The second kappa shape index (κ2) is 4.49. The molecule has 0 fully saturated rings. The van der Waals surface area contributed by atoms with Crippen molar-refractivity contribution in [1.29, 1.82) is 0 Å². The van der Waals surface area contributed by atoms with E-state index in [2.05, 4.69) is 17.1 Å². The van der Waals surface area contributed by atoms with Crippen molar-refractivity contribution >= 4 is 0 Å². The van der Waals surface area contributed by atoms with Gasteiger partial charge in [0.2, 0.25) is 5.89 Å². The summed E-state index contributed by atoms with van der Waals surface area (Å²) >= 11 is 0. The topological polar surface area (TPSA) is 52.0 Å². The molecule has 0 saturated carbocycles. The van der Waals surface area contributed by atoms with E-state index in [9.17, 15) is 0 Å². The van der Waals surface area contributed by atoms with Crippen LogP contribution in [0.25, 0.3) is 0 Å². The van der Waals surface area contributed by atoms with E-state index >= 15 is 0 Å². The van der Waals surface area contributed by atoms with Crippen LogP contribution in [0.4, 0.5) is 0 Å². The van der Waals surface area contributed by atoms with Gasteiger partial charge in [0.1, 0.15) is 5.76 Å². The summed E-state index contributed by atoms with van der Waals surface area (Å²) in [7, 11) is 0. The van der Waals surface area contributed by atoms with Crippen LogP contribution in [-0.4, -0.2) is 4.98 Å². The number of nitrogens with zero attached hydrogens (tertiary/aromatic N) is 1. The molecule has 84 valence electrons. The van der Waals surface area contributed by atoms with Crippen LogP contribution in [0.5, 0.6) is 0 Å². The minimum absolute atomic E-state index is 0.150. The fourth-order valence-electron chi connectivity index (χ4n) is 1.59. The molecule has 0 spiro atoms. The molecule has 1 atom stereocenters. The largest absolute Gasteiger partial charge is 0.443 e. The second-order valence-electron chi connectivity index (χ2n) is 4.01. The van der Waals surface area contributed by atoms with Crippen LogP contribution in [0, 0.1) is 6.92 Å². The maximum atomic E-state index is 5.73. The SMILES string of the molecule is Cc1nc(C(C)N)oc1Cc1ccccc1. The van der Waals surface area contributed by atoms with Crippen molar-refractivity contribution < 1.29 is 4.42 Å². The first-order chi connectivity index (χ1) is 7.66. The third kappa shape index (κ3) is 2.31. The van der Waals surface area contributed by atoms with E-state index in [1.54, 1.807) is 0 Å². The van der Waals surface area contributed by atoms with E-state index in [4.69, 9.17) is 10.2 Å². The first kappa shape index (κ1) is 10.9. The Balaban J connectivity index is 2.22. The highest BCUT2D eigenvalue weighted by Gasteiger charge is 2.12. The third-order valence-corrected chi connectivity index (χ3v) is 2.51. The number of nitrogens with two attached hydrogens (primary N) is 1. The van der Waals surface area contributed by atoms with Crippen LogP contribution in [0.3, 0.4) is 0 Å². The normalized spacial score (nSPS) is 12.7. The fourth-order valence-corrected chi connectivity index (χ4v) is 1.59. The van der Waals surface area contributed by atoms with E-state index in [1.165, 1.54) is 5.56 Å². The molecule has 3 nitrogen and oxygen atoms in total. The highest BCUT2D eigenvalue weighted by Crippen LogP contribution is 2.18. The molecule has 2 rings (SSSR count). The standard InChI is InChI=1S/C13H16N2O/c1-9(14)13-15-10(2)12(16-13)8-11-6-4-3-5-7-11/h3-7,9H,8,14H2,1-2H3. The van der Waals surface area contributed by atoms with Crippen LogP contribution in [0.15, 0.2) is 34.7 Å². The van der Waals surface area contributed by atoms with Gasteiger partial charge in [-0.25, -0.2) is 4.98 Å². The number of oxazole rings is 1. The van der Waals surface area contributed by atoms with Crippen molar-refractivity contribution in [2.75, 3.05) is 0 Å². The van der Waals surface area contributed by atoms with Gasteiger partial charge in [-0.3, -0.25) is 0 Å². The van der Waals surface area contributed by atoms with Gasteiger partial charge in [0.25, 0.3) is 0 Å². The molecule has 1 aromatic carbocycles. The molecule has 1 heterocycles. The highest BCUT2D eigenvalue weighted by atomic mass is 16.4. The zero-order chi connectivity index (χ0) is 11.5. The monoisotopic (exact) mass is 216 g/mol. The summed E-state index contributed by atoms with van der Waals surface area (Å²) in [5, 5.41) is 0. The number of aryl methyl sites for hydroxylation is 1. The molecule has 16 heavy (non-hydrogen) atoms. The number of rotatable bonds is 3. The summed E-state index contributed by atoms with van der Waals surface area (Å²) in [4.78, 5) is 4.31. The average Bonchev–Trinajstić information content (AvgIpc) is 2.62. The third-order valence-electron chi connectivity index (χ3n) is 2.51. The Kier molecular flexibility index (Phi) is 3.06. The zero-order valence-electron chi connectivity index (χ0n) is 9.60. The molecule has 1 aromatic heterocycles. The van der Waals surface area contributed by atoms with E-state index in [0.717, 1.165) is 17.9 Å². The van der Waals surface area contributed by atoms with Crippen molar-refractivity contribution in [2.24, 2.45) is 5.73 Å². The Morgan fingerprint density at radius 2 is 2.00 bits per heavy atom. The number of aromatic nitrogens is 1. The molecule has 0 bridgehead atoms. The fraction of sp³-hybridized carbons (Fsp3) is 0.308. The lowest BCUT2D eigenvalue weighted by atomic mass is 10.1. The first-order valence-corrected chi connectivity index (χ1v) is 5.42. The Labute approximate surface area is 95.3 Å². The minimum atomic E-state index is -0.150. The van der Waals surface area contributed by atoms with E-state index in [0.29, 0.717) is 5.89 Å². The Morgan fingerprint density at radius 1 is 1.31 bits per heavy atom. The molecule has 0 radical (unpaired) electrons. The average molecular weight is 216 g/mol. The predicted octanol–water partition coefficient (Wildman–Crippen LogP) is 2.59. The van der Waals surface area contributed by atoms with Gasteiger partial charge in [0.15, 0.2) is 0 Å². The molecule has 0 saturated heterocycles. The Bertz CT molecular complexity index is 460. The zero-order valence-corrected chi connectivity index (χ0v) is 9.60. The molecule has 0 aliphatic heterocycles. The molecular formula is C13H16N2O. The summed E-state index contributed by atoms with van der Waals surface area (Å²) in [5.41, 5.74) is 7.88. The van der Waals surface area contributed by atoms with Crippen molar-refractivity contribution in [1.82, 2.24) is 4.98 Å². The lowest BCUT2D eigenvalue weighted by Gasteiger charge is -1.99. The highest BCUT2D eigenvalue weighted by molar-refractivity contribution is 5.22. The smallest absolute Gasteiger partial charge is 0.211 e. The molecule has 2 aromatic rings. The van der Waals surface area contributed by atoms with Gasteiger partial charge in [-0.05, 0) is 19.4 Å².